The Hall–Kier alpha value is -3.83. The van der Waals surface area contributed by atoms with Gasteiger partial charge in [-0.2, -0.15) is 0 Å². The first kappa shape index (κ1) is 22.9. The van der Waals surface area contributed by atoms with Crippen LogP contribution in [0, 0.1) is 0 Å². The molecule has 0 aliphatic carbocycles. The van der Waals surface area contributed by atoms with Crippen LogP contribution in [0.3, 0.4) is 0 Å². The Bertz CT molecular complexity index is 1360. The number of furan rings is 1. The molecule has 2 heterocycles. The number of methoxy groups -OCH3 is 1. The van der Waals surface area contributed by atoms with Gasteiger partial charge < -0.3 is 19.0 Å². The number of allylic oxidation sites excluding steroid dienone is 1. The van der Waals surface area contributed by atoms with Crippen LogP contribution in [-0.4, -0.2) is 56.0 Å². The number of fused-ring (bicyclic) bond motifs is 1. The Balaban J connectivity index is 1.48. The van der Waals surface area contributed by atoms with Crippen LogP contribution in [-0.2, 0) is 4.79 Å². The van der Waals surface area contributed by atoms with Crippen LogP contribution in [0.25, 0.3) is 38.8 Å². The molecular weight excluding hydrogens is 436 g/mol. The molecule has 3 aromatic carbocycles. The van der Waals surface area contributed by atoms with Crippen LogP contribution in [0.1, 0.15) is 12.5 Å². The van der Waals surface area contributed by atoms with Gasteiger partial charge in [0, 0.05) is 54.8 Å². The Labute approximate surface area is 206 Å². The van der Waals surface area contributed by atoms with Gasteiger partial charge in [-0.15, -0.1) is 0 Å². The maximum absolute atomic E-state index is 12.9. The van der Waals surface area contributed by atoms with Crippen LogP contribution in [0.5, 0.6) is 5.75 Å². The molecule has 1 aromatic heterocycles. The lowest BCUT2D eigenvalue weighted by Gasteiger charge is -2.31. The summed E-state index contributed by atoms with van der Waals surface area (Å²) >= 11 is 0. The second-order valence-electron chi connectivity index (χ2n) is 9.10. The van der Waals surface area contributed by atoms with Crippen molar-refractivity contribution >= 4 is 22.4 Å². The Kier molecular flexibility index (Phi) is 6.43. The quantitative estimate of drug-likeness (QED) is 0.341. The van der Waals surface area contributed by atoms with Gasteiger partial charge in [-0.3, -0.25) is 4.79 Å². The van der Waals surface area contributed by atoms with Crippen LogP contribution in [0.15, 0.2) is 83.5 Å². The highest BCUT2D eigenvalue weighted by atomic mass is 16.5. The van der Waals surface area contributed by atoms with E-state index < -0.39 is 0 Å². The third-order valence-corrected chi connectivity index (χ3v) is 6.78. The minimum absolute atomic E-state index is 0.0432. The first-order valence-corrected chi connectivity index (χ1v) is 11.9. The summed E-state index contributed by atoms with van der Waals surface area (Å²) in [7, 11) is 3.73. The number of nitrogens with zero attached hydrogens (tertiary/aromatic N) is 2. The summed E-state index contributed by atoms with van der Waals surface area (Å²) in [5.41, 5.74) is 6.98. The third kappa shape index (κ3) is 4.73. The van der Waals surface area contributed by atoms with E-state index in [1.807, 2.05) is 36.1 Å². The summed E-state index contributed by atoms with van der Waals surface area (Å²) < 4.78 is 11.6. The number of piperazine rings is 1. The molecule has 5 rings (SSSR count). The topological polar surface area (TPSA) is 45.9 Å². The van der Waals surface area contributed by atoms with Gasteiger partial charge in [-0.25, -0.2) is 0 Å². The second-order valence-corrected chi connectivity index (χ2v) is 9.10. The number of rotatable bonds is 5. The summed E-state index contributed by atoms with van der Waals surface area (Å²) in [6.45, 7) is 5.26. The number of amides is 1. The summed E-state index contributed by atoms with van der Waals surface area (Å²) in [6.07, 6.45) is 3.52. The van der Waals surface area contributed by atoms with Crippen molar-refractivity contribution in [2.75, 3.05) is 40.3 Å². The highest BCUT2D eigenvalue weighted by molar-refractivity contribution is 6.00. The molecule has 1 aliphatic heterocycles. The number of carbonyl (C=O) groups excluding carboxylic acids is 1. The number of likely N-dealkylation sites (N-methyl/N-ethyl adjacent to an activating group) is 1. The van der Waals surface area contributed by atoms with Crippen molar-refractivity contribution in [2.24, 2.45) is 0 Å². The Morgan fingerprint density at radius 3 is 2.26 bits per heavy atom. The molecule has 4 aromatic rings. The standard InChI is InChI=1S/C30H30N2O3/c1-21(17-30(33)32-15-13-31(2)14-16-32)25-18-26-27(20-35-29(26)19-28(25)34-3)24-11-9-23(10-12-24)22-7-5-4-6-8-22/h4-12,17-20H,13-16H2,1-3H3/b21-17+. The molecule has 1 saturated heterocycles. The molecule has 1 fully saturated rings. The van der Waals surface area contributed by atoms with Gasteiger partial charge in [0.15, 0.2) is 0 Å². The maximum Gasteiger partial charge on any atom is 0.246 e. The van der Waals surface area contributed by atoms with Gasteiger partial charge in [0.1, 0.15) is 11.3 Å². The van der Waals surface area contributed by atoms with E-state index in [1.165, 1.54) is 11.1 Å². The lowest BCUT2D eigenvalue weighted by atomic mass is 9.97. The number of ether oxygens (including phenoxy) is 1. The summed E-state index contributed by atoms with van der Waals surface area (Å²) in [5, 5.41) is 0.994. The average molecular weight is 467 g/mol. The molecular formula is C30H30N2O3. The van der Waals surface area contributed by atoms with Crippen molar-refractivity contribution in [3.05, 3.63) is 84.6 Å². The smallest absolute Gasteiger partial charge is 0.246 e. The predicted molar refractivity (Wildman–Crippen MR) is 141 cm³/mol. The Morgan fingerprint density at radius 1 is 0.914 bits per heavy atom. The number of hydrogen-bond acceptors (Lipinski definition) is 4. The van der Waals surface area contributed by atoms with Gasteiger partial charge in [0.25, 0.3) is 0 Å². The summed E-state index contributed by atoms with van der Waals surface area (Å²) in [6, 6.07) is 22.8. The molecule has 35 heavy (non-hydrogen) atoms. The van der Waals surface area contributed by atoms with Crippen molar-refractivity contribution in [1.29, 1.82) is 0 Å². The van der Waals surface area contributed by atoms with Gasteiger partial charge in [-0.1, -0.05) is 54.6 Å². The molecule has 1 aliphatic rings. The molecule has 0 radical (unpaired) electrons. The van der Waals surface area contributed by atoms with Crippen LogP contribution >= 0.6 is 0 Å². The van der Waals surface area contributed by atoms with Crippen molar-refractivity contribution in [3.63, 3.8) is 0 Å². The molecule has 0 N–H and O–H groups in total. The maximum atomic E-state index is 12.9. The zero-order chi connectivity index (χ0) is 24.4. The highest BCUT2D eigenvalue weighted by Crippen LogP contribution is 2.38. The van der Waals surface area contributed by atoms with E-state index in [-0.39, 0.29) is 5.91 Å². The van der Waals surface area contributed by atoms with Crippen LogP contribution < -0.4 is 4.74 Å². The van der Waals surface area contributed by atoms with Crippen molar-refractivity contribution < 1.29 is 13.9 Å². The fraction of sp³-hybridized carbons (Fsp3) is 0.233. The van der Waals surface area contributed by atoms with E-state index in [9.17, 15) is 4.79 Å². The zero-order valence-corrected chi connectivity index (χ0v) is 20.5. The van der Waals surface area contributed by atoms with Gasteiger partial charge in [-0.05, 0) is 42.3 Å². The van der Waals surface area contributed by atoms with Crippen LogP contribution in [0.4, 0.5) is 0 Å². The molecule has 5 nitrogen and oxygen atoms in total. The highest BCUT2D eigenvalue weighted by Gasteiger charge is 2.19. The monoisotopic (exact) mass is 466 g/mol. The Morgan fingerprint density at radius 2 is 1.57 bits per heavy atom. The normalized spacial score (nSPS) is 14.9. The van der Waals surface area contributed by atoms with E-state index in [1.54, 1.807) is 19.4 Å². The minimum Gasteiger partial charge on any atom is -0.496 e. The predicted octanol–water partition coefficient (Wildman–Crippen LogP) is 5.95. The largest absolute Gasteiger partial charge is 0.496 e. The molecule has 0 bridgehead atoms. The van der Waals surface area contributed by atoms with Crippen molar-refractivity contribution in [3.8, 4) is 28.0 Å². The number of benzene rings is 3. The van der Waals surface area contributed by atoms with E-state index in [4.69, 9.17) is 9.15 Å². The van der Waals surface area contributed by atoms with Gasteiger partial charge in [0.05, 0.1) is 13.4 Å². The van der Waals surface area contributed by atoms with Crippen LogP contribution in [0.2, 0.25) is 0 Å². The molecule has 0 saturated carbocycles. The van der Waals surface area contributed by atoms with Gasteiger partial charge in [0.2, 0.25) is 5.91 Å². The molecule has 178 valence electrons. The molecule has 0 spiro atoms. The van der Waals surface area contributed by atoms with E-state index in [0.717, 1.165) is 59.4 Å². The first-order valence-electron chi connectivity index (χ1n) is 11.9. The minimum atomic E-state index is 0.0432. The number of hydrogen-bond donors (Lipinski definition) is 0. The molecule has 0 unspecified atom stereocenters. The van der Waals surface area contributed by atoms with Gasteiger partial charge >= 0.3 is 0 Å². The SMILES string of the molecule is COc1cc2occ(-c3ccc(-c4ccccc4)cc3)c2cc1/C(C)=C/C(=O)N1CCN(C)CC1. The van der Waals surface area contributed by atoms with Crippen molar-refractivity contribution in [1.82, 2.24) is 9.80 Å². The number of carbonyl (C=O) groups is 1. The first-order chi connectivity index (χ1) is 17.0. The average Bonchev–Trinajstić information content (AvgIpc) is 3.31. The third-order valence-electron chi connectivity index (χ3n) is 6.78. The molecule has 0 atom stereocenters. The lowest BCUT2D eigenvalue weighted by Crippen LogP contribution is -2.46. The second kappa shape index (κ2) is 9.80. The summed E-state index contributed by atoms with van der Waals surface area (Å²) in [4.78, 5) is 17.1. The lowest BCUT2D eigenvalue weighted by molar-refractivity contribution is -0.127. The van der Waals surface area contributed by atoms with E-state index >= 15 is 0 Å². The molecule has 5 heteroatoms. The zero-order valence-electron chi connectivity index (χ0n) is 20.5. The van der Waals surface area contributed by atoms with E-state index in [0.29, 0.717) is 5.75 Å². The fourth-order valence-corrected chi connectivity index (χ4v) is 4.61. The fourth-order valence-electron chi connectivity index (χ4n) is 4.61. The summed E-state index contributed by atoms with van der Waals surface area (Å²) in [5.74, 6) is 0.736. The molecule has 1 amide bonds. The van der Waals surface area contributed by atoms with Crippen molar-refractivity contribution in [2.45, 2.75) is 6.92 Å². The van der Waals surface area contributed by atoms with E-state index in [2.05, 4.69) is 54.4 Å².